The first kappa shape index (κ1) is 12.8. The highest BCUT2D eigenvalue weighted by molar-refractivity contribution is 7.80. The molecule has 0 heterocycles. The number of thiol groups is 1. The summed E-state index contributed by atoms with van der Waals surface area (Å²) < 4.78 is 5.32. The quantitative estimate of drug-likeness (QED) is 0.485. The van der Waals surface area contributed by atoms with E-state index in [0.29, 0.717) is 25.3 Å². The Bertz CT molecular complexity index is 140. The minimum absolute atomic E-state index is 0.0690. The Morgan fingerprint density at radius 2 is 2.23 bits per heavy atom. The molecule has 0 aromatic carbocycles. The number of carbonyl (C=O) groups excluding carboxylic acids is 1. The van der Waals surface area contributed by atoms with E-state index >= 15 is 0 Å². The molecule has 0 rings (SSSR count). The summed E-state index contributed by atoms with van der Waals surface area (Å²) in [6.07, 6.45) is 1.64. The van der Waals surface area contributed by atoms with Gasteiger partial charge in [-0.2, -0.15) is 12.6 Å². The lowest BCUT2D eigenvalue weighted by Crippen LogP contribution is -2.25. The highest BCUT2D eigenvalue weighted by Crippen LogP contribution is 1.89. The predicted octanol–water partition coefficient (Wildman–Crippen LogP) is 1.24. The van der Waals surface area contributed by atoms with Crippen LogP contribution in [-0.2, 0) is 9.53 Å². The fourth-order valence-corrected chi connectivity index (χ4v) is 1.01. The molecule has 0 spiro atoms. The van der Waals surface area contributed by atoms with Crippen molar-refractivity contribution < 1.29 is 9.53 Å². The molecule has 0 aromatic rings. The first-order chi connectivity index (χ1) is 6.16. The van der Waals surface area contributed by atoms with Crippen molar-refractivity contribution >= 4 is 18.5 Å². The van der Waals surface area contributed by atoms with Crippen molar-refractivity contribution in [1.29, 1.82) is 0 Å². The predicted molar refractivity (Wildman–Crippen MR) is 57.2 cm³/mol. The van der Waals surface area contributed by atoms with Gasteiger partial charge in [0.05, 0.1) is 6.10 Å². The SMILES string of the molecule is CC(C)OCCCNC(=O)CCS. The van der Waals surface area contributed by atoms with Crippen LogP contribution in [0.2, 0.25) is 0 Å². The monoisotopic (exact) mass is 205 g/mol. The summed E-state index contributed by atoms with van der Waals surface area (Å²) in [5.74, 6) is 0.675. The van der Waals surface area contributed by atoms with Crippen molar-refractivity contribution in [3.63, 3.8) is 0 Å². The zero-order valence-electron chi connectivity index (χ0n) is 8.38. The maximum absolute atomic E-state index is 10.9. The van der Waals surface area contributed by atoms with E-state index in [1.54, 1.807) is 0 Å². The van der Waals surface area contributed by atoms with Gasteiger partial charge in [0.1, 0.15) is 0 Å². The van der Waals surface area contributed by atoms with Crippen molar-refractivity contribution in [2.75, 3.05) is 18.9 Å². The minimum atomic E-state index is 0.0690. The summed E-state index contributed by atoms with van der Waals surface area (Å²) in [6.45, 7) is 5.40. The van der Waals surface area contributed by atoms with Gasteiger partial charge in [0.2, 0.25) is 5.91 Å². The molecule has 1 amide bonds. The topological polar surface area (TPSA) is 38.3 Å². The molecule has 1 N–H and O–H groups in total. The highest BCUT2D eigenvalue weighted by atomic mass is 32.1. The van der Waals surface area contributed by atoms with E-state index in [2.05, 4.69) is 17.9 Å². The van der Waals surface area contributed by atoms with Crippen LogP contribution in [0.15, 0.2) is 0 Å². The van der Waals surface area contributed by atoms with Crippen LogP contribution in [0.1, 0.15) is 26.7 Å². The van der Waals surface area contributed by atoms with Crippen molar-refractivity contribution in [3.05, 3.63) is 0 Å². The Labute approximate surface area is 85.6 Å². The second-order valence-electron chi connectivity index (χ2n) is 3.10. The van der Waals surface area contributed by atoms with Crippen LogP contribution in [0.25, 0.3) is 0 Å². The van der Waals surface area contributed by atoms with Gasteiger partial charge < -0.3 is 10.1 Å². The van der Waals surface area contributed by atoms with Crippen LogP contribution in [0.5, 0.6) is 0 Å². The molecular formula is C9H19NO2S. The third-order valence-electron chi connectivity index (χ3n) is 1.43. The molecule has 0 fully saturated rings. The van der Waals surface area contributed by atoms with Crippen molar-refractivity contribution in [3.8, 4) is 0 Å². The smallest absolute Gasteiger partial charge is 0.220 e. The third-order valence-corrected chi connectivity index (χ3v) is 1.66. The molecule has 13 heavy (non-hydrogen) atoms. The Morgan fingerprint density at radius 1 is 1.54 bits per heavy atom. The molecule has 3 nitrogen and oxygen atoms in total. The summed E-state index contributed by atoms with van der Waals surface area (Å²) in [6, 6.07) is 0. The maximum Gasteiger partial charge on any atom is 0.220 e. The van der Waals surface area contributed by atoms with E-state index in [1.807, 2.05) is 13.8 Å². The second-order valence-corrected chi connectivity index (χ2v) is 3.54. The lowest BCUT2D eigenvalue weighted by Gasteiger charge is -2.07. The van der Waals surface area contributed by atoms with Crippen LogP contribution in [-0.4, -0.2) is 30.9 Å². The van der Waals surface area contributed by atoms with Crippen molar-refractivity contribution in [2.24, 2.45) is 0 Å². The summed E-state index contributed by atoms with van der Waals surface area (Å²) >= 11 is 3.96. The van der Waals surface area contributed by atoms with Crippen LogP contribution in [0.3, 0.4) is 0 Å². The summed E-state index contributed by atoms with van der Waals surface area (Å²) in [4.78, 5) is 10.9. The van der Waals surface area contributed by atoms with E-state index in [9.17, 15) is 4.79 Å². The Morgan fingerprint density at radius 3 is 2.77 bits per heavy atom. The molecule has 0 saturated carbocycles. The van der Waals surface area contributed by atoms with Gasteiger partial charge in [0.15, 0.2) is 0 Å². The number of hydrogen-bond donors (Lipinski definition) is 2. The second kappa shape index (κ2) is 8.38. The molecule has 0 atom stereocenters. The lowest BCUT2D eigenvalue weighted by molar-refractivity contribution is -0.120. The van der Waals surface area contributed by atoms with Gasteiger partial charge in [0, 0.05) is 19.6 Å². The zero-order chi connectivity index (χ0) is 10.1. The number of amides is 1. The molecule has 0 aliphatic carbocycles. The van der Waals surface area contributed by atoms with Gasteiger partial charge in [0.25, 0.3) is 0 Å². The summed E-state index contributed by atoms with van der Waals surface area (Å²) in [5.41, 5.74) is 0. The number of rotatable bonds is 7. The van der Waals surface area contributed by atoms with Gasteiger partial charge in [-0.05, 0) is 26.0 Å². The maximum atomic E-state index is 10.9. The van der Waals surface area contributed by atoms with Gasteiger partial charge in [-0.3, -0.25) is 4.79 Å². The molecule has 0 saturated heterocycles. The minimum Gasteiger partial charge on any atom is -0.379 e. The van der Waals surface area contributed by atoms with E-state index in [1.165, 1.54) is 0 Å². The average molecular weight is 205 g/mol. The van der Waals surface area contributed by atoms with Crippen LogP contribution in [0, 0.1) is 0 Å². The average Bonchev–Trinajstić information content (AvgIpc) is 2.03. The molecule has 0 bridgehead atoms. The van der Waals surface area contributed by atoms with Crippen molar-refractivity contribution in [1.82, 2.24) is 5.32 Å². The van der Waals surface area contributed by atoms with E-state index in [-0.39, 0.29) is 12.0 Å². The Kier molecular flexibility index (Phi) is 8.24. The molecular weight excluding hydrogens is 186 g/mol. The molecule has 0 radical (unpaired) electrons. The lowest BCUT2D eigenvalue weighted by atomic mass is 10.4. The molecule has 78 valence electrons. The van der Waals surface area contributed by atoms with Gasteiger partial charge in [-0.15, -0.1) is 0 Å². The number of carbonyl (C=O) groups is 1. The zero-order valence-corrected chi connectivity index (χ0v) is 9.27. The van der Waals surface area contributed by atoms with E-state index in [4.69, 9.17) is 4.74 Å². The Hall–Kier alpha value is -0.220. The van der Waals surface area contributed by atoms with Crippen LogP contribution >= 0.6 is 12.6 Å². The fraction of sp³-hybridized carbons (Fsp3) is 0.889. The first-order valence-electron chi connectivity index (χ1n) is 4.66. The van der Waals surface area contributed by atoms with Gasteiger partial charge in [-0.1, -0.05) is 0 Å². The number of nitrogens with one attached hydrogen (secondary N) is 1. The van der Waals surface area contributed by atoms with E-state index in [0.717, 1.165) is 6.42 Å². The number of ether oxygens (including phenoxy) is 1. The first-order valence-corrected chi connectivity index (χ1v) is 5.29. The Balaban J connectivity index is 3.11. The van der Waals surface area contributed by atoms with Crippen LogP contribution in [0.4, 0.5) is 0 Å². The van der Waals surface area contributed by atoms with Gasteiger partial charge >= 0.3 is 0 Å². The largest absolute Gasteiger partial charge is 0.379 e. The van der Waals surface area contributed by atoms with Crippen molar-refractivity contribution in [2.45, 2.75) is 32.8 Å². The molecule has 4 heteroatoms. The normalized spacial score (nSPS) is 10.5. The highest BCUT2D eigenvalue weighted by Gasteiger charge is 1.98. The standard InChI is InChI=1S/C9H19NO2S/c1-8(2)12-6-3-5-10-9(11)4-7-13/h8,13H,3-7H2,1-2H3,(H,10,11). The van der Waals surface area contributed by atoms with Gasteiger partial charge in [-0.25, -0.2) is 0 Å². The van der Waals surface area contributed by atoms with Crippen LogP contribution < -0.4 is 5.32 Å². The third kappa shape index (κ3) is 9.70. The fourth-order valence-electron chi connectivity index (χ4n) is 0.809. The molecule has 0 unspecified atom stereocenters. The number of hydrogen-bond acceptors (Lipinski definition) is 3. The summed E-state index contributed by atoms with van der Waals surface area (Å²) in [7, 11) is 0. The van der Waals surface area contributed by atoms with E-state index < -0.39 is 0 Å². The molecule has 0 aliphatic heterocycles. The molecule has 0 aromatic heterocycles. The summed E-state index contributed by atoms with van der Waals surface area (Å²) in [5, 5.41) is 2.79. The molecule has 0 aliphatic rings.